The van der Waals surface area contributed by atoms with Crippen molar-refractivity contribution in [1.29, 1.82) is 0 Å². The van der Waals surface area contributed by atoms with E-state index in [1.165, 1.54) is 0 Å². The van der Waals surface area contributed by atoms with E-state index in [2.05, 4.69) is 46.1 Å². The van der Waals surface area contributed by atoms with Crippen LogP contribution >= 0.6 is 0 Å². The number of rotatable bonds is 12. The number of ether oxygens (including phenoxy) is 3. The number of nitrogens with one attached hydrogen (secondary N) is 1. The van der Waals surface area contributed by atoms with Crippen LogP contribution in [0.4, 0.5) is 0 Å². The summed E-state index contributed by atoms with van der Waals surface area (Å²) in [7, 11) is 1.15. The van der Waals surface area contributed by atoms with Crippen LogP contribution in [0.25, 0.3) is 0 Å². The van der Waals surface area contributed by atoms with Crippen LogP contribution in [0.3, 0.4) is 0 Å². The highest BCUT2D eigenvalue weighted by atomic mass is 28.4. The van der Waals surface area contributed by atoms with Gasteiger partial charge in [0.15, 0.2) is 8.32 Å². The summed E-state index contributed by atoms with van der Waals surface area (Å²) in [4.78, 5) is 12.6. The molecule has 0 saturated carbocycles. The third kappa shape index (κ3) is 8.02. The first kappa shape index (κ1) is 26.6. The molecule has 7 heteroatoms. The Morgan fingerprint density at radius 2 is 1.70 bits per heavy atom. The van der Waals surface area contributed by atoms with Gasteiger partial charge in [-0.15, -0.1) is 0 Å². The standard InChI is InChI=1S/C23H41NO5Si/c1-17(14-28-15-19-10-12-20(27-7)13-11-19)21(18(2)22(25)24-16-26-6)29-30(8,9)23(3,4)5/h10-13,17-18,21H,14-16H2,1-9H3,(H,24,25)/t17-,18+,21-/m0/s1. The number of benzene rings is 1. The molecule has 0 aliphatic carbocycles. The highest BCUT2D eigenvalue weighted by Gasteiger charge is 2.42. The number of amides is 1. The van der Waals surface area contributed by atoms with E-state index in [0.717, 1.165) is 11.3 Å². The molecule has 0 aliphatic heterocycles. The molecule has 0 spiro atoms. The first-order valence-electron chi connectivity index (χ1n) is 10.6. The Morgan fingerprint density at radius 3 is 2.20 bits per heavy atom. The van der Waals surface area contributed by atoms with Crippen molar-refractivity contribution in [2.45, 2.75) is 65.5 Å². The summed E-state index contributed by atoms with van der Waals surface area (Å²) in [5, 5.41) is 2.86. The molecule has 0 unspecified atom stereocenters. The van der Waals surface area contributed by atoms with Crippen LogP contribution in [-0.2, 0) is 25.3 Å². The largest absolute Gasteiger partial charge is 0.497 e. The van der Waals surface area contributed by atoms with Gasteiger partial charge in [0.25, 0.3) is 0 Å². The zero-order valence-corrected chi connectivity index (χ0v) is 21.2. The quantitative estimate of drug-likeness (QED) is 0.381. The summed E-state index contributed by atoms with van der Waals surface area (Å²) in [5.41, 5.74) is 1.08. The summed E-state index contributed by atoms with van der Waals surface area (Å²) in [5.74, 6) is 0.503. The van der Waals surface area contributed by atoms with E-state index in [9.17, 15) is 4.79 Å². The van der Waals surface area contributed by atoms with Crippen molar-refractivity contribution in [3.05, 3.63) is 29.8 Å². The third-order valence-corrected chi connectivity index (χ3v) is 10.4. The van der Waals surface area contributed by atoms with E-state index in [1.54, 1.807) is 14.2 Å². The van der Waals surface area contributed by atoms with E-state index in [0.29, 0.717) is 13.2 Å². The van der Waals surface area contributed by atoms with Crippen molar-refractivity contribution in [1.82, 2.24) is 5.32 Å². The molecule has 1 aromatic carbocycles. The summed E-state index contributed by atoms with van der Waals surface area (Å²) >= 11 is 0. The maximum absolute atomic E-state index is 12.6. The molecular weight excluding hydrogens is 398 g/mol. The van der Waals surface area contributed by atoms with Crippen molar-refractivity contribution in [2.24, 2.45) is 11.8 Å². The molecule has 0 aliphatic rings. The van der Waals surface area contributed by atoms with Crippen LogP contribution < -0.4 is 10.1 Å². The van der Waals surface area contributed by atoms with E-state index in [-0.39, 0.29) is 35.6 Å². The molecule has 0 radical (unpaired) electrons. The van der Waals surface area contributed by atoms with Crippen molar-refractivity contribution < 1.29 is 23.4 Å². The molecule has 0 fully saturated rings. The fourth-order valence-corrected chi connectivity index (χ4v) is 4.33. The van der Waals surface area contributed by atoms with E-state index in [4.69, 9.17) is 18.6 Å². The minimum Gasteiger partial charge on any atom is -0.497 e. The Balaban J connectivity index is 2.83. The molecule has 1 amide bonds. The summed E-state index contributed by atoms with van der Waals surface area (Å²) < 4.78 is 22.9. The minimum absolute atomic E-state index is 0.0532. The maximum Gasteiger partial charge on any atom is 0.227 e. The zero-order valence-electron chi connectivity index (χ0n) is 20.2. The fourth-order valence-electron chi connectivity index (χ4n) is 2.86. The van der Waals surface area contributed by atoms with Crippen molar-refractivity contribution in [3.63, 3.8) is 0 Å². The van der Waals surface area contributed by atoms with Crippen LogP contribution in [0.1, 0.15) is 40.2 Å². The lowest BCUT2D eigenvalue weighted by Crippen LogP contribution is -2.50. The molecule has 30 heavy (non-hydrogen) atoms. The van der Waals surface area contributed by atoms with E-state index < -0.39 is 8.32 Å². The average molecular weight is 440 g/mol. The Bertz CT molecular complexity index is 642. The van der Waals surface area contributed by atoms with Crippen LogP contribution in [0.15, 0.2) is 24.3 Å². The average Bonchev–Trinajstić information content (AvgIpc) is 2.69. The Hall–Kier alpha value is -1.41. The smallest absolute Gasteiger partial charge is 0.227 e. The Labute approximate surface area is 183 Å². The Morgan fingerprint density at radius 1 is 1.10 bits per heavy atom. The van der Waals surface area contributed by atoms with Gasteiger partial charge in [0.2, 0.25) is 5.91 Å². The van der Waals surface area contributed by atoms with Crippen LogP contribution in [0.5, 0.6) is 5.75 Å². The second kappa shape index (κ2) is 11.8. The normalized spacial score (nSPS) is 15.4. The van der Waals surface area contributed by atoms with Gasteiger partial charge in [0.05, 0.1) is 32.3 Å². The summed E-state index contributed by atoms with van der Waals surface area (Å²) in [6, 6.07) is 7.84. The fraction of sp³-hybridized carbons (Fsp3) is 0.696. The molecule has 1 rings (SSSR count). The summed E-state index contributed by atoms with van der Waals surface area (Å²) in [6.07, 6.45) is -0.237. The predicted octanol–water partition coefficient (Wildman–Crippen LogP) is 4.59. The molecule has 0 heterocycles. The van der Waals surface area contributed by atoms with Crippen LogP contribution in [0.2, 0.25) is 18.1 Å². The molecule has 6 nitrogen and oxygen atoms in total. The van der Waals surface area contributed by atoms with Gasteiger partial charge >= 0.3 is 0 Å². The summed E-state index contributed by atoms with van der Waals surface area (Å²) in [6.45, 7) is 16.3. The lowest BCUT2D eigenvalue weighted by molar-refractivity contribution is -0.130. The first-order valence-corrected chi connectivity index (χ1v) is 13.5. The monoisotopic (exact) mass is 439 g/mol. The molecule has 0 bridgehead atoms. The minimum atomic E-state index is -2.07. The van der Waals surface area contributed by atoms with Gasteiger partial charge in [0.1, 0.15) is 12.5 Å². The van der Waals surface area contributed by atoms with Gasteiger partial charge < -0.3 is 24.0 Å². The van der Waals surface area contributed by atoms with Gasteiger partial charge in [-0.25, -0.2) is 0 Å². The lowest BCUT2D eigenvalue weighted by Gasteiger charge is -2.42. The molecule has 0 aromatic heterocycles. The van der Waals surface area contributed by atoms with E-state index in [1.807, 2.05) is 31.2 Å². The molecule has 1 N–H and O–H groups in total. The van der Waals surface area contributed by atoms with Gasteiger partial charge in [-0.3, -0.25) is 4.79 Å². The van der Waals surface area contributed by atoms with Crippen LogP contribution in [-0.4, -0.2) is 47.9 Å². The number of carbonyl (C=O) groups excluding carboxylic acids is 1. The molecule has 0 saturated heterocycles. The van der Waals surface area contributed by atoms with Gasteiger partial charge in [-0.2, -0.15) is 0 Å². The second-order valence-corrected chi connectivity index (χ2v) is 14.2. The second-order valence-electron chi connectivity index (χ2n) is 9.45. The van der Waals surface area contributed by atoms with E-state index >= 15 is 0 Å². The topological polar surface area (TPSA) is 66.0 Å². The molecule has 3 atom stereocenters. The Kier molecular flexibility index (Phi) is 10.5. The lowest BCUT2D eigenvalue weighted by atomic mass is 9.93. The molecule has 1 aromatic rings. The highest BCUT2D eigenvalue weighted by molar-refractivity contribution is 6.74. The van der Waals surface area contributed by atoms with Crippen molar-refractivity contribution in [3.8, 4) is 5.75 Å². The first-order chi connectivity index (χ1) is 13.9. The highest BCUT2D eigenvalue weighted by Crippen LogP contribution is 2.39. The maximum atomic E-state index is 12.6. The van der Waals surface area contributed by atoms with Gasteiger partial charge in [-0.05, 0) is 35.8 Å². The number of carbonyl (C=O) groups is 1. The van der Waals surface area contributed by atoms with Crippen molar-refractivity contribution in [2.75, 3.05) is 27.6 Å². The van der Waals surface area contributed by atoms with Crippen molar-refractivity contribution >= 4 is 14.2 Å². The third-order valence-electron chi connectivity index (χ3n) is 5.90. The van der Waals surface area contributed by atoms with Crippen LogP contribution in [0, 0.1) is 11.8 Å². The zero-order chi connectivity index (χ0) is 22.9. The van der Waals surface area contributed by atoms with Gasteiger partial charge in [0, 0.05) is 13.0 Å². The predicted molar refractivity (Wildman–Crippen MR) is 123 cm³/mol. The SMILES string of the molecule is COCNC(=O)[C@H](C)[C@@H](O[Si](C)(C)C(C)(C)C)[C@@H](C)COCc1ccc(OC)cc1. The molecular formula is C23H41NO5Si. The number of hydrogen-bond donors (Lipinski definition) is 1. The molecule has 172 valence electrons. The number of methoxy groups -OCH3 is 2. The number of hydrogen-bond acceptors (Lipinski definition) is 5. The van der Waals surface area contributed by atoms with Gasteiger partial charge in [-0.1, -0.05) is 46.8 Å².